The zero-order valence-corrected chi connectivity index (χ0v) is 13.2. The van der Waals surface area contributed by atoms with Crippen molar-refractivity contribution in [1.82, 2.24) is 15.2 Å². The number of aryl methyl sites for hydroxylation is 1. The van der Waals surface area contributed by atoms with E-state index >= 15 is 0 Å². The first-order valence-electron chi connectivity index (χ1n) is 7.59. The summed E-state index contributed by atoms with van der Waals surface area (Å²) >= 11 is 0. The third kappa shape index (κ3) is 3.23. The maximum absolute atomic E-state index is 11.6. The van der Waals surface area contributed by atoms with E-state index in [-0.39, 0.29) is 11.3 Å². The first-order chi connectivity index (χ1) is 11.0. The van der Waals surface area contributed by atoms with Gasteiger partial charge in [-0.1, -0.05) is 0 Å². The van der Waals surface area contributed by atoms with Crippen LogP contribution in [0.25, 0.3) is 0 Å². The molecule has 1 aromatic carbocycles. The van der Waals surface area contributed by atoms with Crippen LogP contribution in [0.2, 0.25) is 0 Å². The normalized spacial score (nSPS) is 14.9. The molecule has 2 aromatic rings. The number of ketones is 1. The van der Waals surface area contributed by atoms with Crippen molar-refractivity contribution < 1.29 is 4.79 Å². The summed E-state index contributed by atoms with van der Waals surface area (Å²) in [7, 11) is 0. The lowest BCUT2D eigenvalue weighted by atomic mass is 10.1. The number of piperazine rings is 1. The second-order valence-corrected chi connectivity index (χ2v) is 5.64. The molecule has 7 nitrogen and oxygen atoms in total. The van der Waals surface area contributed by atoms with E-state index in [1.807, 2.05) is 29.2 Å². The highest BCUT2D eigenvalue weighted by atomic mass is 16.1. The number of carbonyl (C=O) groups excluding carboxylic acids is 1. The van der Waals surface area contributed by atoms with Gasteiger partial charge in [0.1, 0.15) is 5.69 Å². The Kier molecular flexibility index (Phi) is 4.10. The number of nitrogens with one attached hydrogen (secondary N) is 1. The second kappa shape index (κ2) is 6.20. The third-order valence-corrected chi connectivity index (χ3v) is 4.07. The standard InChI is InChI=1S/C16H19N5O2/c1-11-15(23)17-16(19-18-11)21-9-7-20(8-10-21)14-5-3-13(4-6-14)12(2)22/h3-6H,7-10H2,1-2H3,(H,17,19,23). The molecule has 0 atom stereocenters. The van der Waals surface area contributed by atoms with Crippen LogP contribution in [-0.2, 0) is 0 Å². The average Bonchev–Trinajstić information content (AvgIpc) is 2.57. The minimum absolute atomic E-state index is 0.0725. The van der Waals surface area contributed by atoms with Crippen LogP contribution in [0.5, 0.6) is 0 Å². The molecule has 1 fully saturated rings. The molecule has 2 heterocycles. The van der Waals surface area contributed by atoms with Crippen molar-refractivity contribution >= 4 is 17.4 Å². The highest BCUT2D eigenvalue weighted by Gasteiger charge is 2.19. The number of aromatic nitrogens is 3. The molecule has 0 radical (unpaired) electrons. The Morgan fingerprint density at radius 3 is 2.22 bits per heavy atom. The fourth-order valence-electron chi connectivity index (χ4n) is 2.61. The van der Waals surface area contributed by atoms with Crippen LogP contribution in [-0.4, -0.2) is 47.1 Å². The van der Waals surface area contributed by atoms with Crippen molar-refractivity contribution in [3.8, 4) is 0 Å². The highest BCUT2D eigenvalue weighted by Crippen LogP contribution is 2.18. The number of hydrogen-bond acceptors (Lipinski definition) is 6. The maximum Gasteiger partial charge on any atom is 0.273 e. The van der Waals surface area contributed by atoms with Gasteiger partial charge in [0.2, 0.25) is 5.95 Å². The van der Waals surface area contributed by atoms with Crippen LogP contribution < -0.4 is 15.4 Å². The van der Waals surface area contributed by atoms with Gasteiger partial charge in [0, 0.05) is 37.4 Å². The summed E-state index contributed by atoms with van der Waals surface area (Å²) in [6.45, 7) is 6.34. The van der Waals surface area contributed by atoms with Crippen molar-refractivity contribution in [1.29, 1.82) is 0 Å². The van der Waals surface area contributed by atoms with E-state index in [1.165, 1.54) is 0 Å². The Morgan fingerprint density at radius 1 is 1.04 bits per heavy atom. The molecule has 0 saturated carbocycles. The Balaban J connectivity index is 1.67. The van der Waals surface area contributed by atoms with Crippen LogP contribution in [0.15, 0.2) is 29.1 Å². The van der Waals surface area contributed by atoms with Gasteiger partial charge in [-0.25, -0.2) is 0 Å². The molecule has 0 amide bonds. The van der Waals surface area contributed by atoms with Gasteiger partial charge in [-0.2, -0.15) is 0 Å². The number of hydrogen-bond donors (Lipinski definition) is 1. The van der Waals surface area contributed by atoms with E-state index in [4.69, 9.17) is 0 Å². The van der Waals surface area contributed by atoms with Crippen LogP contribution in [0.4, 0.5) is 11.6 Å². The average molecular weight is 313 g/mol. The molecule has 3 rings (SSSR count). The van der Waals surface area contributed by atoms with E-state index < -0.39 is 0 Å². The van der Waals surface area contributed by atoms with E-state index in [9.17, 15) is 9.59 Å². The summed E-state index contributed by atoms with van der Waals surface area (Å²) in [5.74, 6) is 0.593. The SMILES string of the molecule is CC(=O)c1ccc(N2CCN(c3nnc(C)c(=O)[nH]3)CC2)cc1. The number of anilines is 2. The third-order valence-electron chi connectivity index (χ3n) is 4.07. The molecular weight excluding hydrogens is 294 g/mol. The zero-order valence-electron chi connectivity index (χ0n) is 13.2. The number of Topliss-reactive ketones (excluding diaryl/α,β-unsaturated/α-hetero) is 1. The van der Waals surface area contributed by atoms with Gasteiger partial charge in [-0.15, -0.1) is 10.2 Å². The summed E-state index contributed by atoms with van der Waals surface area (Å²) in [6, 6.07) is 7.65. The summed E-state index contributed by atoms with van der Waals surface area (Å²) in [6.07, 6.45) is 0. The molecule has 0 unspecified atom stereocenters. The van der Waals surface area contributed by atoms with Crippen LogP contribution >= 0.6 is 0 Å². The van der Waals surface area contributed by atoms with Crippen molar-refractivity contribution in [3.05, 3.63) is 45.9 Å². The fraction of sp³-hybridized carbons (Fsp3) is 0.375. The molecule has 0 spiro atoms. The molecule has 1 aliphatic rings. The lowest BCUT2D eigenvalue weighted by molar-refractivity contribution is 0.101. The number of rotatable bonds is 3. The minimum Gasteiger partial charge on any atom is -0.368 e. The molecule has 0 aliphatic carbocycles. The number of aromatic amines is 1. The first-order valence-corrected chi connectivity index (χ1v) is 7.59. The molecule has 120 valence electrons. The van der Waals surface area contributed by atoms with Gasteiger partial charge < -0.3 is 9.80 Å². The van der Waals surface area contributed by atoms with E-state index in [0.717, 1.165) is 37.4 Å². The van der Waals surface area contributed by atoms with E-state index in [0.29, 0.717) is 11.6 Å². The quantitative estimate of drug-likeness (QED) is 0.851. The highest BCUT2D eigenvalue weighted by molar-refractivity contribution is 5.94. The van der Waals surface area contributed by atoms with Gasteiger partial charge in [0.25, 0.3) is 5.56 Å². The van der Waals surface area contributed by atoms with Crippen molar-refractivity contribution in [3.63, 3.8) is 0 Å². The molecule has 1 saturated heterocycles. The van der Waals surface area contributed by atoms with Crippen LogP contribution in [0.3, 0.4) is 0 Å². The summed E-state index contributed by atoms with van der Waals surface area (Å²) < 4.78 is 0. The molecule has 7 heteroatoms. The van der Waals surface area contributed by atoms with Gasteiger partial charge >= 0.3 is 0 Å². The van der Waals surface area contributed by atoms with Crippen LogP contribution in [0, 0.1) is 6.92 Å². The number of nitrogens with zero attached hydrogens (tertiary/aromatic N) is 4. The Labute approximate surface area is 134 Å². The Hall–Kier alpha value is -2.70. The van der Waals surface area contributed by atoms with Crippen molar-refractivity contribution in [2.24, 2.45) is 0 Å². The smallest absolute Gasteiger partial charge is 0.273 e. The van der Waals surface area contributed by atoms with Gasteiger partial charge in [-0.3, -0.25) is 14.6 Å². The maximum atomic E-state index is 11.6. The monoisotopic (exact) mass is 313 g/mol. The molecule has 23 heavy (non-hydrogen) atoms. The molecule has 1 aromatic heterocycles. The lowest BCUT2D eigenvalue weighted by Gasteiger charge is -2.36. The number of H-pyrrole nitrogens is 1. The lowest BCUT2D eigenvalue weighted by Crippen LogP contribution is -2.47. The van der Waals surface area contributed by atoms with Crippen molar-refractivity contribution in [2.45, 2.75) is 13.8 Å². The van der Waals surface area contributed by atoms with E-state index in [1.54, 1.807) is 13.8 Å². The second-order valence-electron chi connectivity index (χ2n) is 5.64. The van der Waals surface area contributed by atoms with Crippen molar-refractivity contribution in [2.75, 3.05) is 36.0 Å². The zero-order chi connectivity index (χ0) is 16.4. The molecule has 1 N–H and O–H groups in total. The minimum atomic E-state index is -0.197. The summed E-state index contributed by atoms with van der Waals surface area (Å²) in [5, 5.41) is 7.93. The number of carbonyl (C=O) groups is 1. The topological polar surface area (TPSA) is 82.2 Å². The van der Waals surface area contributed by atoms with Gasteiger partial charge in [-0.05, 0) is 38.1 Å². The van der Waals surface area contributed by atoms with Gasteiger partial charge in [0.05, 0.1) is 0 Å². The molecule has 0 bridgehead atoms. The van der Waals surface area contributed by atoms with Gasteiger partial charge in [0.15, 0.2) is 5.78 Å². The number of benzene rings is 1. The molecule has 1 aliphatic heterocycles. The first kappa shape index (κ1) is 15.2. The predicted molar refractivity (Wildman–Crippen MR) is 88.3 cm³/mol. The van der Waals surface area contributed by atoms with E-state index in [2.05, 4.69) is 20.1 Å². The fourth-order valence-corrected chi connectivity index (χ4v) is 2.61. The van der Waals surface area contributed by atoms with Crippen LogP contribution in [0.1, 0.15) is 23.0 Å². The summed E-state index contributed by atoms with van der Waals surface area (Å²) in [4.78, 5) is 30.0. The predicted octanol–water partition coefficient (Wildman–Crippen LogP) is 1.00. The Morgan fingerprint density at radius 2 is 1.65 bits per heavy atom. The largest absolute Gasteiger partial charge is 0.368 e. The molecular formula is C16H19N5O2. The summed E-state index contributed by atoms with van der Waals surface area (Å²) in [5.41, 5.74) is 1.99. The Bertz CT molecular complexity index is 761.